The monoisotopic (exact) mass is 427 g/mol. The molecular formula is C22H29N5O4. The minimum atomic E-state index is -0.898. The number of nitrogens with one attached hydrogen (secondary N) is 3. The fourth-order valence-electron chi connectivity index (χ4n) is 4.25. The lowest BCUT2D eigenvalue weighted by Gasteiger charge is -2.21. The standard InChI is InChI=1S/C22H29N5O4/c1-22(15-6-7-15)19(29)27(21(31)25-22)14-18(28)23-16-8-10-17(11-9-16)24-20(30)26-12-4-2-3-5-13-26/h8-11,15H,2-7,12-14H2,1H3,(H,23,28)(H,24,30)(H,25,31). The molecule has 1 atom stereocenters. The summed E-state index contributed by atoms with van der Waals surface area (Å²) < 4.78 is 0. The molecule has 3 N–H and O–H groups in total. The summed E-state index contributed by atoms with van der Waals surface area (Å²) in [6.07, 6.45) is 6.17. The van der Waals surface area contributed by atoms with Gasteiger partial charge in [0.2, 0.25) is 5.91 Å². The van der Waals surface area contributed by atoms with Gasteiger partial charge in [-0.1, -0.05) is 12.8 Å². The Hall–Kier alpha value is -3.10. The maximum Gasteiger partial charge on any atom is 0.325 e. The van der Waals surface area contributed by atoms with Crippen LogP contribution >= 0.6 is 0 Å². The van der Waals surface area contributed by atoms with Crippen LogP contribution in [0.25, 0.3) is 0 Å². The molecule has 1 aliphatic carbocycles. The number of anilines is 2. The first-order valence-electron chi connectivity index (χ1n) is 11.0. The highest BCUT2D eigenvalue weighted by Gasteiger charge is 2.56. The Labute approximate surface area is 181 Å². The van der Waals surface area contributed by atoms with Gasteiger partial charge in [0, 0.05) is 24.5 Å². The Morgan fingerprint density at radius 3 is 2.16 bits per heavy atom. The van der Waals surface area contributed by atoms with E-state index < -0.39 is 17.5 Å². The summed E-state index contributed by atoms with van der Waals surface area (Å²) in [5.74, 6) is -0.652. The molecule has 4 rings (SSSR count). The molecule has 1 aromatic carbocycles. The average Bonchev–Trinajstić information content (AvgIpc) is 3.57. The Morgan fingerprint density at radius 2 is 1.58 bits per heavy atom. The summed E-state index contributed by atoms with van der Waals surface area (Å²) in [6, 6.07) is 6.13. The van der Waals surface area contributed by atoms with Gasteiger partial charge in [0.25, 0.3) is 5.91 Å². The number of rotatable bonds is 5. The van der Waals surface area contributed by atoms with Crippen LogP contribution in [-0.4, -0.2) is 58.8 Å². The van der Waals surface area contributed by atoms with E-state index in [0.29, 0.717) is 11.4 Å². The van der Waals surface area contributed by atoms with Gasteiger partial charge in [0.15, 0.2) is 0 Å². The highest BCUT2D eigenvalue weighted by molar-refractivity contribution is 6.10. The fraction of sp³-hybridized carbons (Fsp3) is 0.545. The number of carbonyl (C=O) groups excluding carboxylic acids is 4. The van der Waals surface area contributed by atoms with E-state index in [-0.39, 0.29) is 24.4 Å². The third-order valence-corrected chi connectivity index (χ3v) is 6.31. The topological polar surface area (TPSA) is 111 Å². The number of imide groups is 1. The van der Waals surface area contributed by atoms with E-state index >= 15 is 0 Å². The van der Waals surface area contributed by atoms with Crippen LogP contribution in [0.4, 0.5) is 21.0 Å². The van der Waals surface area contributed by atoms with Crippen molar-refractivity contribution < 1.29 is 19.2 Å². The number of likely N-dealkylation sites (tertiary alicyclic amines) is 1. The molecule has 0 bridgehead atoms. The van der Waals surface area contributed by atoms with E-state index in [4.69, 9.17) is 0 Å². The zero-order chi connectivity index (χ0) is 22.0. The molecule has 166 valence electrons. The van der Waals surface area contributed by atoms with Gasteiger partial charge in [-0.15, -0.1) is 0 Å². The van der Waals surface area contributed by atoms with Crippen molar-refractivity contribution in [3.05, 3.63) is 24.3 Å². The lowest BCUT2D eigenvalue weighted by molar-refractivity contribution is -0.134. The lowest BCUT2D eigenvalue weighted by atomic mass is 9.96. The largest absolute Gasteiger partial charge is 0.325 e. The van der Waals surface area contributed by atoms with Gasteiger partial charge in [0.05, 0.1) is 0 Å². The van der Waals surface area contributed by atoms with Crippen molar-refractivity contribution >= 4 is 35.3 Å². The lowest BCUT2D eigenvalue weighted by Crippen LogP contribution is -2.46. The molecule has 1 aromatic rings. The smallest absolute Gasteiger partial charge is 0.325 e. The van der Waals surface area contributed by atoms with Gasteiger partial charge < -0.3 is 20.9 Å². The van der Waals surface area contributed by atoms with E-state index in [2.05, 4.69) is 16.0 Å². The molecule has 9 heteroatoms. The Balaban J connectivity index is 1.29. The maximum atomic E-state index is 12.6. The first-order chi connectivity index (χ1) is 14.9. The van der Waals surface area contributed by atoms with Crippen molar-refractivity contribution in [1.82, 2.24) is 15.1 Å². The number of carbonyl (C=O) groups is 4. The molecule has 3 fully saturated rings. The first kappa shape index (κ1) is 21.1. The minimum absolute atomic E-state index is 0.115. The normalized spacial score (nSPS) is 23.9. The fourth-order valence-corrected chi connectivity index (χ4v) is 4.25. The first-order valence-corrected chi connectivity index (χ1v) is 11.0. The average molecular weight is 428 g/mol. The predicted octanol–water partition coefficient (Wildman–Crippen LogP) is 2.75. The van der Waals surface area contributed by atoms with Crippen LogP contribution in [0.1, 0.15) is 45.4 Å². The van der Waals surface area contributed by atoms with E-state index in [1.807, 2.05) is 4.90 Å². The number of benzene rings is 1. The second kappa shape index (κ2) is 8.56. The third kappa shape index (κ3) is 4.65. The molecule has 0 aromatic heterocycles. The molecule has 2 heterocycles. The zero-order valence-electron chi connectivity index (χ0n) is 17.8. The van der Waals surface area contributed by atoms with Crippen molar-refractivity contribution in [2.75, 3.05) is 30.3 Å². The van der Waals surface area contributed by atoms with Crippen molar-refractivity contribution in [1.29, 1.82) is 0 Å². The third-order valence-electron chi connectivity index (χ3n) is 6.31. The molecule has 1 saturated carbocycles. The predicted molar refractivity (Wildman–Crippen MR) is 116 cm³/mol. The number of urea groups is 2. The van der Waals surface area contributed by atoms with Crippen LogP contribution in [0.3, 0.4) is 0 Å². The summed E-state index contributed by atoms with van der Waals surface area (Å²) in [5, 5.41) is 8.31. The molecule has 0 radical (unpaired) electrons. The minimum Gasteiger partial charge on any atom is -0.325 e. The second-order valence-corrected chi connectivity index (χ2v) is 8.76. The van der Waals surface area contributed by atoms with Crippen molar-refractivity contribution in [3.8, 4) is 0 Å². The van der Waals surface area contributed by atoms with Crippen LogP contribution < -0.4 is 16.0 Å². The summed E-state index contributed by atoms with van der Waals surface area (Å²) in [4.78, 5) is 52.4. The molecule has 31 heavy (non-hydrogen) atoms. The molecular weight excluding hydrogens is 398 g/mol. The SMILES string of the molecule is CC1(C2CC2)NC(=O)N(CC(=O)Nc2ccc(NC(=O)N3CCCCCC3)cc2)C1=O. The maximum absolute atomic E-state index is 12.6. The number of amides is 6. The summed E-state index contributed by atoms with van der Waals surface area (Å²) in [6.45, 7) is 2.92. The van der Waals surface area contributed by atoms with Crippen molar-refractivity contribution in [2.24, 2.45) is 5.92 Å². The molecule has 2 aliphatic heterocycles. The Kier molecular flexibility index (Phi) is 5.84. The Morgan fingerprint density at radius 1 is 1.00 bits per heavy atom. The van der Waals surface area contributed by atoms with Crippen LogP contribution in [0, 0.1) is 5.92 Å². The van der Waals surface area contributed by atoms with E-state index in [1.54, 1.807) is 31.2 Å². The van der Waals surface area contributed by atoms with Crippen LogP contribution in [0.5, 0.6) is 0 Å². The quantitative estimate of drug-likeness (QED) is 0.628. The van der Waals surface area contributed by atoms with Gasteiger partial charge >= 0.3 is 12.1 Å². The molecule has 0 spiro atoms. The highest BCUT2D eigenvalue weighted by Crippen LogP contribution is 2.42. The number of hydrogen-bond acceptors (Lipinski definition) is 4. The van der Waals surface area contributed by atoms with Gasteiger partial charge in [0.1, 0.15) is 12.1 Å². The number of hydrogen-bond donors (Lipinski definition) is 3. The molecule has 6 amide bonds. The molecule has 9 nitrogen and oxygen atoms in total. The summed E-state index contributed by atoms with van der Waals surface area (Å²) in [5.41, 5.74) is 0.265. The van der Waals surface area contributed by atoms with E-state index in [1.165, 1.54) is 0 Å². The number of nitrogens with zero attached hydrogens (tertiary/aromatic N) is 2. The van der Waals surface area contributed by atoms with Crippen LogP contribution in [0.15, 0.2) is 24.3 Å². The van der Waals surface area contributed by atoms with Gasteiger partial charge in [-0.25, -0.2) is 9.59 Å². The Bertz CT molecular complexity index is 874. The van der Waals surface area contributed by atoms with Crippen LogP contribution in [0.2, 0.25) is 0 Å². The van der Waals surface area contributed by atoms with Gasteiger partial charge in [-0.2, -0.15) is 0 Å². The summed E-state index contributed by atoms with van der Waals surface area (Å²) in [7, 11) is 0. The second-order valence-electron chi connectivity index (χ2n) is 8.76. The highest BCUT2D eigenvalue weighted by atomic mass is 16.2. The van der Waals surface area contributed by atoms with Gasteiger partial charge in [-0.05, 0) is 62.8 Å². The molecule has 3 aliphatic rings. The van der Waals surface area contributed by atoms with Crippen molar-refractivity contribution in [2.45, 2.75) is 51.0 Å². The molecule has 1 unspecified atom stereocenters. The zero-order valence-corrected chi connectivity index (χ0v) is 17.8. The van der Waals surface area contributed by atoms with Crippen molar-refractivity contribution in [3.63, 3.8) is 0 Å². The van der Waals surface area contributed by atoms with E-state index in [9.17, 15) is 19.2 Å². The van der Waals surface area contributed by atoms with E-state index in [0.717, 1.165) is 56.5 Å². The van der Waals surface area contributed by atoms with Gasteiger partial charge in [-0.3, -0.25) is 14.5 Å². The summed E-state index contributed by atoms with van der Waals surface area (Å²) >= 11 is 0. The van der Waals surface area contributed by atoms with Crippen LogP contribution in [-0.2, 0) is 9.59 Å². The molecule has 2 saturated heterocycles.